The van der Waals surface area contributed by atoms with Crippen molar-refractivity contribution in [1.29, 1.82) is 0 Å². The van der Waals surface area contributed by atoms with Crippen molar-refractivity contribution in [2.45, 2.75) is 6.92 Å². The fourth-order valence-electron chi connectivity index (χ4n) is 2.31. The van der Waals surface area contributed by atoms with Gasteiger partial charge >= 0.3 is 0 Å². The number of nitrogen functional groups attached to an aromatic ring is 1. The monoisotopic (exact) mass is 286 g/mol. The summed E-state index contributed by atoms with van der Waals surface area (Å²) in [4.78, 5) is 15.4. The van der Waals surface area contributed by atoms with E-state index in [2.05, 4.69) is 4.98 Å². The van der Waals surface area contributed by atoms with Crippen molar-refractivity contribution in [3.8, 4) is 0 Å². The molecule has 0 aliphatic rings. The van der Waals surface area contributed by atoms with Gasteiger partial charge in [-0.25, -0.2) is 8.78 Å². The topological polar surface area (TPSA) is 58.9 Å². The molecule has 106 valence electrons. The predicted octanol–water partition coefficient (Wildman–Crippen LogP) is 3.57. The number of aryl methyl sites for hydroxylation is 1. The van der Waals surface area contributed by atoms with Crippen LogP contribution in [0.4, 0.5) is 14.5 Å². The van der Waals surface area contributed by atoms with Crippen molar-refractivity contribution in [2.75, 3.05) is 5.73 Å². The maximum Gasteiger partial charge on any atom is 0.198 e. The summed E-state index contributed by atoms with van der Waals surface area (Å²) in [5.41, 5.74) is 7.01. The van der Waals surface area contributed by atoms with Crippen LogP contribution in [0.25, 0.3) is 10.9 Å². The molecule has 0 saturated carbocycles. The van der Waals surface area contributed by atoms with E-state index in [-0.39, 0.29) is 11.3 Å². The van der Waals surface area contributed by atoms with Gasteiger partial charge in [0.1, 0.15) is 11.6 Å². The number of nitrogens with two attached hydrogens (primary N) is 1. The summed E-state index contributed by atoms with van der Waals surface area (Å²) in [5, 5.41) is 0.697. The average Bonchev–Trinajstić information content (AvgIpc) is 2.85. The molecule has 0 atom stereocenters. The molecular weight excluding hydrogens is 274 g/mol. The smallest absolute Gasteiger partial charge is 0.198 e. The number of rotatable bonds is 2. The minimum absolute atomic E-state index is 0.240. The van der Waals surface area contributed by atoms with Crippen LogP contribution in [0.2, 0.25) is 0 Å². The summed E-state index contributed by atoms with van der Waals surface area (Å²) in [6, 6.07) is 7.24. The third-order valence-electron chi connectivity index (χ3n) is 3.41. The second-order valence-corrected chi connectivity index (χ2v) is 4.93. The van der Waals surface area contributed by atoms with Crippen molar-refractivity contribution in [1.82, 2.24) is 4.98 Å². The normalized spacial score (nSPS) is 11.0. The number of carbonyl (C=O) groups is 1. The quantitative estimate of drug-likeness (QED) is 0.559. The van der Waals surface area contributed by atoms with E-state index in [0.717, 1.165) is 17.1 Å². The van der Waals surface area contributed by atoms with Gasteiger partial charge in [-0.05, 0) is 25.1 Å². The Hall–Kier alpha value is -2.69. The second kappa shape index (κ2) is 4.70. The Morgan fingerprint density at radius 3 is 2.62 bits per heavy atom. The Morgan fingerprint density at radius 1 is 1.10 bits per heavy atom. The van der Waals surface area contributed by atoms with E-state index in [1.165, 1.54) is 6.20 Å². The lowest BCUT2D eigenvalue weighted by atomic mass is 10.0. The number of anilines is 1. The zero-order valence-corrected chi connectivity index (χ0v) is 11.2. The van der Waals surface area contributed by atoms with Crippen molar-refractivity contribution < 1.29 is 13.6 Å². The highest BCUT2D eigenvalue weighted by Gasteiger charge is 2.19. The lowest BCUT2D eigenvalue weighted by Crippen LogP contribution is -2.06. The highest BCUT2D eigenvalue weighted by molar-refractivity contribution is 6.16. The van der Waals surface area contributed by atoms with E-state index in [1.807, 2.05) is 25.1 Å². The van der Waals surface area contributed by atoms with Crippen molar-refractivity contribution in [2.24, 2.45) is 0 Å². The minimum atomic E-state index is -0.922. The van der Waals surface area contributed by atoms with Gasteiger partial charge in [0, 0.05) is 28.7 Å². The second-order valence-electron chi connectivity index (χ2n) is 4.93. The van der Waals surface area contributed by atoms with Gasteiger partial charge in [0.15, 0.2) is 5.78 Å². The molecule has 3 aromatic rings. The SMILES string of the molecule is Cc1ccc2[nH]cc(C(=O)c3cc(N)c(F)cc3F)c2c1. The zero-order valence-electron chi connectivity index (χ0n) is 11.2. The molecule has 0 aliphatic heterocycles. The predicted molar refractivity (Wildman–Crippen MR) is 77.2 cm³/mol. The third-order valence-corrected chi connectivity index (χ3v) is 3.41. The van der Waals surface area contributed by atoms with Crippen LogP contribution in [-0.2, 0) is 0 Å². The number of hydrogen-bond acceptors (Lipinski definition) is 2. The molecule has 3 nitrogen and oxygen atoms in total. The van der Waals surface area contributed by atoms with Crippen LogP contribution in [0.15, 0.2) is 36.5 Å². The standard InChI is InChI=1S/C16H12F2N2O/c1-8-2-3-15-9(4-8)11(7-20-15)16(21)10-5-14(19)13(18)6-12(10)17/h2-7,20H,19H2,1H3. The molecule has 0 spiro atoms. The fraction of sp³-hybridized carbons (Fsp3) is 0.0625. The number of H-pyrrole nitrogens is 1. The van der Waals surface area contributed by atoms with Gasteiger partial charge in [-0.1, -0.05) is 11.6 Å². The summed E-state index contributed by atoms with van der Waals surface area (Å²) in [6.07, 6.45) is 1.52. The van der Waals surface area contributed by atoms with Crippen LogP contribution < -0.4 is 5.73 Å². The van der Waals surface area contributed by atoms with Gasteiger partial charge in [-0.3, -0.25) is 4.79 Å². The van der Waals surface area contributed by atoms with Gasteiger partial charge < -0.3 is 10.7 Å². The third kappa shape index (κ3) is 2.16. The molecule has 3 rings (SSSR count). The Kier molecular flexibility index (Phi) is 2.97. The number of aromatic amines is 1. The molecule has 0 amide bonds. The molecule has 1 heterocycles. The molecule has 0 aliphatic carbocycles. The first-order valence-corrected chi connectivity index (χ1v) is 6.34. The molecule has 2 aromatic carbocycles. The molecule has 5 heteroatoms. The number of aromatic nitrogens is 1. The van der Waals surface area contributed by atoms with Crippen LogP contribution in [0.1, 0.15) is 21.5 Å². The number of halogens is 2. The number of hydrogen-bond donors (Lipinski definition) is 2. The van der Waals surface area contributed by atoms with E-state index in [1.54, 1.807) is 0 Å². The molecule has 21 heavy (non-hydrogen) atoms. The highest BCUT2D eigenvalue weighted by atomic mass is 19.1. The molecule has 0 saturated heterocycles. The first-order valence-electron chi connectivity index (χ1n) is 6.34. The molecule has 0 unspecified atom stereocenters. The number of nitrogens with one attached hydrogen (secondary N) is 1. The van der Waals surface area contributed by atoms with Gasteiger partial charge in [0.2, 0.25) is 0 Å². The maximum absolute atomic E-state index is 13.8. The molecule has 0 fully saturated rings. The summed E-state index contributed by atoms with van der Waals surface area (Å²) in [7, 11) is 0. The number of fused-ring (bicyclic) bond motifs is 1. The zero-order chi connectivity index (χ0) is 15.1. The van der Waals surface area contributed by atoms with Crippen molar-refractivity contribution >= 4 is 22.4 Å². The number of benzene rings is 2. The Labute approximate surface area is 119 Å². The Balaban J connectivity index is 2.17. The molecule has 1 aromatic heterocycles. The largest absolute Gasteiger partial charge is 0.396 e. The molecular formula is C16H12F2N2O. The van der Waals surface area contributed by atoms with Crippen molar-refractivity contribution in [3.63, 3.8) is 0 Å². The van der Waals surface area contributed by atoms with Crippen molar-refractivity contribution in [3.05, 3.63) is 64.9 Å². The summed E-state index contributed by atoms with van der Waals surface area (Å²) >= 11 is 0. The van der Waals surface area contributed by atoms with Crippen LogP contribution in [0.3, 0.4) is 0 Å². The first kappa shape index (κ1) is 13.3. The van der Waals surface area contributed by atoms with E-state index in [9.17, 15) is 13.6 Å². The fourth-order valence-corrected chi connectivity index (χ4v) is 2.31. The van der Waals surface area contributed by atoms with Gasteiger partial charge in [-0.15, -0.1) is 0 Å². The first-order chi connectivity index (χ1) is 9.97. The van der Waals surface area contributed by atoms with Crippen LogP contribution >= 0.6 is 0 Å². The van der Waals surface area contributed by atoms with E-state index < -0.39 is 17.4 Å². The van der Waals surface area contributed by atoms with Gasteiger partial charge in [-0.2, -0.15) is 0 Å². The van der Waals surface area contributed by atoms with E-state index in [0.29, 0.717) is 17.0 Å². The van der Waals surface area contributed by atoms with Gasteiger partial charge in [0.05, 0.1) is 11.3 Å². The van der Waals surface area contributed by atoms with Crippen LogP contribution in [0.5, 0.6) is 0 Å². The Bertz CT molecular complexity index is 868. The Morgan fingerprint density at radius 2 is 1.86 bits per heavy atom. The van der Waals surface area contributed by atoms with Crippen LogP contribution in [0, 0.1) is 18.6 Å². The van der Waals surface area contributed by atoms with E-state index >= 15 is 0 Å². The molecule has 3 N–H and O–H groups in total. The maximum atomic E-state index is 13.8. The highest BCUT2D eigenvalue weighted by Crippen LogP contribution is 2.25. The average molecular weight is 286 g/mol. The van der Waals surface area contributed by atoms with E-state index in [4.69, 9.17) is 5.73 Å². The van der Waals surface area contributed by atoms with Gasteiger partial charge in [0.25, 0.3) is 0 Å². The molecule has 0 bridgehead atoms. The summed E-state index contributed by atoms with van der Waals surface area (Å²) in [6.45, 7) is 1.90. The minimum Gasteiger partial charge on any atom is -0.396 e. The van der Waals surface area contributed by atoms with Crippen LogP contribution in [-0.4, -0.2) is 10.8 Å². The molecule has 0 radical (unpaired) electrons. The summed E-state index contributed by atoms with van der Waals surface area (Å²) < 4.78 is 27.0. The summed E-state index contributed by atoms with van der Waals surface area (Å²) in [5.74, 6) is -2.33. The lowest BCUT2D eigenvalue weighted by molar-refractivity contribution is 0.103. The number of ketones is 1. The lowest BCUT2D eigenvalue weighted by Gasteiger charge is -2.04. The number of carbonyl (C=O) groups excluding carboxylic acids is 1.